The Kier molecular flexibility index (Phi) is 12.0. The van der Waals surface area contributed by atoms with Crippen molar-refractivity contribution in [2.24, 2.45) is 5.73 Å². The number of carbonyl (C=O) groups excluding carboxylic acids is 1. The third-order valence-electron chi connectivity index (χ3n) is 2.69. The first-order chi connectivity index (χ1) is 9.36. The summed E-state index contributed by atoms with van der Waals surface area (Å²) in [6.45, 7) is 4.28. The molecule has 1 rings (SSSR count). The van der Waals surface area contributed by atoms with Gasteiger partial charge in [-0.05, 0) is 19.4 Å². The van der Waals surface area contributed by atoms with E-state index in [2.05, 4.69) is 10.3 Å². The molecule has 0 aliphatic carbocycles. The molecule has 0 saturated carbocycles. The highest BCUT2D eigenvalue weighted by atomic mass is 35.5. The minimum atomic E-state index is -0.856. The number of aromatic nitrogens is 1. The van der Waals surface area contributed by atoms with E-state index in [4.69, 9.17) is 33.7 Å². The van der Waals surface area contributed by atoms with Gasteiger partial charge in [-0.1, -0.05) is 36.5 Å². The van der Waals surface area contributed by atoms with Gasteiger partial charge in [0.05, 0.1) is 17.1 Å². The Hall–Kier alpha value is -0.460. The maximum atomic E-state index is 11.8. The zero-order chi connectivity index (χ0) is 15.2. The minimum Gasteiger partial charge on any atom is -0.475 e. The third kappa shape index (κ3) is 7.70. The molecular formula is C13H21Cl4N3O2. The van der Waals surface area contributed by atoms with Crippen LogP contribution in [0.4, 0.5) is 0 Å². The van der Waals surface area contributed by atoms with E-state index in [0.717, 1.165) is 6.42 Å². The van der Waals surface area contributed by atoms with Crippen molar-refractivity contribution in [1.29, 1.82) is 0 Å². The number of rotatable bonds is 7. The maximum absolute atomic E-state index is 11.8. The number of pyridine rings is 1. The highest BCUT2D eigenvalue weighted by Gasteiger charge is 2.26. The molecule has 0 radical (unpaired) electrons. The van der Waals surface area contributed by atoms with Crippen molar-refractivity contribution in [3.63, 3.8) is 0 Å². The Morgan fingerprint density at radius 3 is 2.64 bits per heavy atom. The molecule has 0 saturated heterocycles. The topological polar surface area (TPSA) is 77.2 Å². The minimum absolute atomic E-state index is 0. The van der Waals surface area contributed by atoms with Crippen LogP contribution in [-0.2, 0) is 4.79 Å². The fourth-order valence-electron chi connectivity index (χ4n) is 1.66. The molecule has 1 amide bonds. The molecule has 0 bridgehead atoms. The van der Waals surface area contributed by atoms with Gasteiger partial charge in [0, 0.05) is 6.20 Å². The van der Waals surface area contributed by atoms with E-state index in [1.165, 1.54) is 6.20 Å². The molecule has 0 aliphatic rings. The lowest BCUT2D eigenvalue weighted by atomic mass is 9.97. The number of ether oxygens (including phenoxy) is 1. The van der Waals surface area contributed by atoms with Gasteiger partial charge in [-0.15, -0.1) is 24.8 Å². The standard InChI is InChI=1S/C13H19Cl2N3O2.2ClH/c1-3-4-13(2,16)12(19)17-5-6-20-11-10(15)7-9(14)8-18-11;;/h7-8H,3-6,16H2,1-2H3,(H,17,19);2*1H. The summed E-state index contributed by atoms with van der Waals surface area (Å²) < 4.78 is 5.36. The average molecular weight is 393 g/mol. The second-order valence-corrected chi connectivity index (χ2v) is 5.56. The number of carbonyl (C=O) groups is 1. The molecule has 0 aromatic carbocycles. The van der Waals surface area contributed by atoms with Gasteiger partial charge in [-0.25, -0.2) is 4.98 Å². The lowest BCUT2D eigenvalue weighted by Crippen LogP contribution is -2.52. The van der Waals surface area contributed by atoms with E-state index in [1.807, 2.05) is 6.92 Å². The molecule has 0 aliphatic heterocycles. The van der Waals surface area contributed by atoms with E-state index in [0.29, 0.717) is 23.0 Å². The predicted molar refractivity (Wildman–Crippen MR) is 94.8 cm³/mol. The number of nitrogens with zero attached hydrogens (tertiary/aromatic N) is 1. The maximum Gasteiger partial charge on any atom is 0.239 e. The summed E-state index contributed by atoms with van der Waals surface area (Å²) in [6.07, 6.45) is 2.92. The van der Waals surface area contributed by atoms with E-state index in [1.54, 1.807) is 13.0 Å². The van der Waals surface area contributed by atoms with Crippen molar-refractivity contribution in [1.82, 2.24) is 10.3 Å². The fraction of sp³-hybridized carbons (Fsp3) is 0.538. The van der Waals surface area contributed by atoms with Crippen LogP contribution in [0, 0.1) is 0 Å². The molecule has 3 N–H and O–H groups in total. The predicted octanol–water partition coefficient (Wildman–Crippen LogP) is 3.24. The SMILES string of the molecule is CCCC(C)(N)C(=O)NCCOc1ncc(Cl)cc1Cl.Cl.Cl. The quantitative estimate of drug-likeness (QED) is 0.698. The van der Waals surface area contributed by atoms with Crippen LogP contribution in [0.3, 0.4) is 0 Å². The van der Waals surface area contributed by atoms with Gasteiger partial charge in [-0.3, -0.25) is 4.79 Å². The van der Waals surface area contributed by atoms with Crippen LogP contribution in [0.25, 0.3) is 0 Å². The Bertz CT molecular complexity index is 473. The Morgan fingerprint density at radius 1 is 1.45 bits per heavy atom. The van der Waals surface area contributed by atoms with Gasteiger partial charge in [0.1, 0.15) is 11.6 Å². The molecule has 1 aromatic rings. The second-order valence-electron chi connectivity index (χ2n) is 4.71. The summed E-state index contributed by atoms with van der Waals surface area (Å²) in [5.41, 5.74) is 5.05. The van der Waals surface area contributed by atoms with E-state index in [9.17, 15) is 4.79 Å². The highest BCUT2D eigenvalue weighted by molar-refractivity contribution is 6.35. The van der Waals surface area contributed by atoms with Crippen LogP contribution < -0.4 is 15.8 Å². The van der Waals surface area contributed by atoms with Crippen LogP contribution in [0.15, 0.2) is 12.3 Å². The van der Waals surface area contributed by atoms with Gasteiger partial charge in [0.2, 0.25) is 11.8 Å². The number of nitrogens with one attached hydrogen (secondary N) is 1. The number of hydrogen-bond acceptors (Lipinski definition) is 4. The molecule has 22 heavy (non-hydrogen) atoms. The second kappa shape index (κ2) is 11.1. The summed E-state index contributed by atoms with van der Waals surface area (Å²) in [6, 6.07) is 1.54. The lowest BCUT2D eigenvalue weighted by Gasteiger charge is -2.22. The number of halogens is 4. The number of hydrogen-bond donors (Lipinski definition) is 2. The van der Waals surface area contributed by atoms with E-state index in [-0.39, 0.29) is 43.2 Å². The Balaban J connectivity index is 0. The van der Waals surface area contributed by atoms with Gasteiger partial charge in [0.15, 0.2) is 0 Å². The van der Waals surface area contributed by atoms with Gasteiger partial charge >= 0.3 is 0 Å². The Morgan fingerprint density at radius 2 is 2.09 bits per heavy atom. The summed E-state index contributed by atoms with van der Waals surface area (Å²) in [5, 5.41) is 3.49. The van der Waals surface area contributed by atoms with Crippen LogP contribution >= 0.6 is 48.0 Å². The molecule has 1 unspecified atom stereocenters. The normalized spacial score (nSPS) is 12.4. The van der Waals surface area contributed by atoms with Crippen LogP contribution in [0.5, 0.6) is 5.88 Å². The Labute approximate surface area is 153 Å². The molecule has 5 nitrogen and oxygen atoms in total. The van der Waals surface area contributed by atoms with Crippen LogP contribution in [0.2, 0.25) is 10.0 Å². The van der Waals surface area contributed by atoms with Crippen molar-refractivity contribution >= 4 is 53.9 Å². The summed E-state index contributed by atoms with van der Waals surface area (Å²) >= 11 is 11.6. The monoisotopic (exact) mass is 391 g/mol. The van der Waals surface area contributed by atoms with Crippen molar-refractivity contribution in [2.75, 3.05) is 13.2 Å². The molecule has 128 valence electrons. The summed E-state index contributed by atoms with van der Waals surface area (Å²) in [5.74, 6) is 0.0903. The molecule has 9 heteroatoms. The fourth-order valence-corrected chi connectivity index (χ4v) is 2.09. The van der Waals surface area contributed by atoms with Crippen molar-refractivity contribution in [3.8, 4) is 5.88 Å². The van der Waals surface area contributed by atoms with Crippen molar-refractivity contribution in [2.45, 2.75) is 32.2 Å². The molecule has 1 heterocycles. The smallest absolute Gasteiger partial charge is 0.239 e. The third-order valence-corrected chi connectivity index (χ3v) is 3.17. The molecular weight excluding hydrogens is 372 g/mol. The van der Waals surface area contributed by atoms with Crippen molar-refractivity contribution in [3.05, 3.63) is 22.3 Å². The molecule has 1 aromatic heterocycles. The van der Waals surface area contributed by atoms with Gasteiger partial charge in [0.25, 0.3) is 0 Å². The van der Waals surface area contributed by atoms with E-state index < -0.39 is 5.54 Å². The first kappa shape index (κ1) is 23.8. The lowest BCUT2D eigenvalue weighted by molar-refractivity contribution is -0.126. The zero-order valence-electron chi connectivity index (χ0n) is 12.4. The summed E-state index contributed by atoms with van der Waals surface area (Å²) in [7, 11) is 0. The van der Waals surface area contributed by atoms with Gasteiger partial charge in [-0.2, -0.15) is 0 Å². The average Bonchev–Trinajstić information content (AvgIpc) is 2.36. The highest BCUT2D eigenvalue weighted by Crippen LogP contribution is 2.24. The van der Waals surface area contributed by atoms with E-state index >= 15 is 0 Å². The van der Waals surface area contributed by atoms with Gasteiger partial charge < -0.3 is 15.8 Å². The number of nitrogens with two attached hydrogens (primary N) is 1. The number of amides is 1. The molecule has 0 spiro atoms. The van der Waals surface area contributed by atoms with Crippen LogP contribution in [-0.4, -0.2) is 29.6 Å². The first-order valence-electron chi connectivity index (χ1n) is 6.38. The first-order valence-corrected chi connectivity index (χ1v) is 7.13. The van der Waals surface area contributed by atoms with Crippen molar-refractivity contribution < 1.29 is 9.53 Å². The summed E-state index contributed by atoms with van der Waals surface area (Å²) in [4.78, 5) is 15.8. The molecule has 0 fully saturated rings. The largest absolute Gasteiger partial charge is 0.475 e. The van der Waals surface area contributed by atoms with Crippen LogP contribution in [0.1, 0.15) is 26.7 Å². The zero-order valence-corrected chi connectivity index (χ0v) is 15.5. The molecule has 1 atom stereocenters.